The highest BCUT2D eigenvalue weighted by molar-refractivity contribution is 6.33. The van der Waals surface area contributed by atoms with E-state index in [1.807, 2.05) is 18.2 Å². The minimum absolute atomic E-state index is 0.295. The molecule has 1 aliphatic heterocycles. The number of fused-ring (bicyclic) bond motifs is 1. The van der Waals surface area contributed by atoms with E-state index in [9.17, 15) is 0 Å². The number of aliphatic hydroxyl groups is 1. The molecular formula is C36H54Cl2NO3+. The molecule has 0 spiro atoms. The average Bonchev–Trinajstić information content (AvgIpc) is 3.00. The molecule has 0 atom stereocenters. The Bertz CT molecular complexity index is 1100. The number of hydrogen-bond donors (Lipinski definition) is 1. The molecular weight excluding hydrogens is 565 g/mol. The van der Waals surface area contributed by atoms with Crippen molar-refractivity contribution in [3.63, 3.8) is 0 Å². The van der Waals surface area contributed by atoms with Gasteiger partial charge in [0.1, 0.15) is 6.54 Å². The Kier molecular flexibility index (Phi) is 16.7. The molecule has 6 heteroatoms. The first-order valence-corrected chi connectivity index (χ1v) is 17.3. The highest BCUT2D eigenvalue weighted by atomic mass is 35.5. The Morgan fingerprint density at radius 3 is 2.17 bits per heavy atom. The van der Waals surface area contributed by atoms with E-state index in [2.05, 4.69) is 23.6 Å². The zero-order chi connectivity index (χ0) is 30.0. The minimum atomic E-state index is 0.295. The van der Waals surface area contributed by atoms with Crippen molar-refractivity contribution in [3.05, 3.63) is 57.1 Å². The van der Waals surface area contributed by atoms with Crippen LogP contribution >= 0.6 is 23.2 Å². The van der Waals surface area contributed by atoms with Gasteiger partial charge in [0.15, 0.2) is 23.8 Å². The number of benzene rings is 2. The number of hydrogen-bond acceptors (Lipinski definition) is 3. The number of rotatable bonds is 22. The predicted octanol–water partition coefficient (Wildman–Crippen LogP) is 10.2. The molecule has 0 saturated heterocycles. The van der Waals surface area contributed by atoms with Crippen LogP contribution in [0.1, 0.15) is 126 Å². The first-order chi connectivity index (χ1) is 20.6. The van der Waals surface area contributed by atoms with Gasteiger partial charge in [-0.05, 0) is 49.6 Å². The summed E-state index contributed by atoms with van der Waals surface area (Å²) < 4.78 is 14.7. The molecule has 0 amide bonds. The van der Waals surface area contributed by atoms with Crippen LogP contribution in [0.4, 0.5) is 0 Å². The van der Waals surface area contributed by atoms with E-state index in [0.717, 1.165) is 78.7 Å². The molecule has 0 bridgehead atoms. The SMILES string of the molecule is CCCCCCCCCCCC1=[N+](Cc2cc(Cl)ccc2Cl)CCc2c1ccc(OC)c2OCCCCCCCCO. The Labute approximate surface area is 265 Å². The average molecular weight is 620 g/mol. The number of halogens is 2. The Morgan fingerprint density at radius 1 is 0.810 bits per heavy atom. The lowest BCUT2D eigenvalue weighted by molar-refractivity contribution is -0.545. The van der Waals surface area contributed by atoms with Crippen LogP contribution in [0, 0.1) is 0 Å². The summed E-state index contributed by atoms with van der Waals surface area (Å²) in [6, 6.07) is 10.1. The van der Waals surface area contributed by atoms with E-state index in [1.54, 1.807) is 7.11 Å². The van der Waals surface area contributed by atoms with Gasteiger partial charge in [0, 0.05) is 41.2 Å². The lowest BCUT2D eigenvalue weighted by Gasteiger charge is -2.23. The van der Waals surface area contributed by atoms with Gasteiger partial charge in [-0.3, -0.25) is 0 Å². The van der Waals surface area contributed by atoms with E-state index < -0.39 is 0 Å². The monoisotopic (exact) mass is 618 g/mol. The second-order valence-corrected chi connectivity index (χ2v) is 12.6. The van der Waals surface area contributed by atoms with Crippen LogP contribution in [0.2, 0.25) is 10.0 Å². The quantitative estimate of drug-likeness (QED) is 0.105. The minimum Gasteiger partial charge on any atom is -0.493 e. The Morgan fingerprint density at radius 2 is 1.48 bits per heavy atom. The third-order valence-electron chi connectivity index (χ3n) is 8.45. The first kappa shape index (κ1) is 34.7. The summed E-state index contributed by atoms with van der Waals surface area (Å²) in [5.41, 5.74) is 5.02. The number of methoxy groups -OCH3 is 1. The summed E-state index contributed by atoms with van der Waals surface area (Å²) in [7, 11) is 1.74. The smallest absolute Gasteiger partial charge is 0.184 e. The third kappa shape index (κ3) is 11.4. The van der Waals surface area contributed by atoms with Gasteiger partial charge >= 0.3 is 0 Å². The highest BCUT2D eigenvalue weighted by Crippen LogP contribution is 2.37. The fourth-order valence-corrected chi connectivity index (χ4v) is 6.40. The molecule has 0 unspecified atom stereocenters. The van der Waals surface area contributed by atoms with Gasteiger partial charge in [0.25, 0.3) is 0 Å². The lowest BCUT2D eigenvalue weighted by Crippen LogP contribution is -2.30. The van der Waals surface area contributed by atoms with E-state index in [-0.39, 0.29) is 0 Å². The fourth-order valence-electron chi connectivity index (χ4n) is 6.03. The Hall–Kier alpha value is -1.75. The van der Waals surface area contributed by atoms with Crippen molar-refractivity contribution in [2.24, 2.45) is 0 Å². The van der Waals surface area contributed by atoms with E-state index in [1.165, 1.54) is 87.5 Å². The van der Waals surface area contributed by atoms with Crippen molar-refractivity contribution in [1.82, 2.24) is 0 Å². The zero-order valence-electron chi connectivity index (χ0n) is 26.2. The summed E-state index contributed by atoms with van der Waals surface area (Å²) in [5, 5.41) is 10.5. The number of unbranched alkanes of at least 4 members (excludes halogenated alkanes) is 13. The molecule has 2 aromatic rings. The van der Waals surface area contributed by atoms with E-state index in [4.69, 9.17) is 37.8 Å². The van der Waals surface area contributed by atoms with Gasteiger partial charge in [-0.2, -0.15) is 0 Å². The van der Waals surface area contributed by atoms with Gasteiger partial charge in [-0.1, -0.05) is 107 Å². The van der Waals surface area contributed by atoms with Gasteiger partial charge < -0.3 is 14.6 Å². The second-order valence-electron chi connectivity index (χ2n) is 11.7. The van der Waals surface area contributed by atoms with E-state index in [0.29, 0.717) is 13.2 Å². The highest BCUT2D eigenvalue weighted by Gasteiger charge is 2.30. The van der Waals surface area contributed by atoms with Gasteiger partial charge in [0.2, 0.25) is 0 Å². The molecule has 0 radical (unpaired) electrons. The summed E-state index contributed by atoms with van der Waals surface area (Å²) >= 11 is 13.0. The van der Waals surface area contributed by atoms with Crippen molar-refractivity contribution in [1.29, 1.82) is 0 Å². The molecule has 42 heavy (non-hydrogen) atoms. The molecule has 0 fully saturated rings. The van der Waals surface area contributed by atoms with Crippen molar-refractivity contribution >= 4 is 28.9 Å². The molecule has 0 aliphatic carbocycles. The molecule has 1 N–H and O–H groups in total. The molecule has 4 nitrogen and oxygen atoms in total. The number of aliphatic hydroxyl groups excluding tert-OH is 1. The van der Waals surface area contributed by atoms with Gasteiger partial charge in [0.05, 0.1) is 18.7 Å². The predicted molar refractivity (Wildman–Crippen MR) is 178 cm³/mol. The maximum Gasteiger partial charge on any atom is 0.184 e. The van der Waals surface area contributed by atoms with Crippen molar-refractivity contribution in [3.8, 4) is 11.5 Å². The summed E-state index contributed by atoms with van der Waals surface area (Å²) in [5.74, 6) is 1.74. The molecule has 1 aliphatic rings. The van der Waals surface area contributed by atoms with Crippen LogP contribution in [0.25, 0.3) is 0 Å². The zero-order valence-corrected chi connectivity index (χ0v) is 27.7. The van der Waals surface area contributed by atoms with Crippen LogP contribution in [-0.4, -0.2) is 42.3 Å². The van der Waals surface area contributed by atoms with Gasteiger partial charge in [-0.15, -0.1) is 0 Å². The standard InChI is InChI=1S/C36H54Cl2NO3/c1-3-4-5-6-7-8-9-12-15-18-34-31-20-22-35(41-2)36(42-26-17-14-11-10-13-16-25-40)32(31)23-24-39(34)28-29-27-30(37)19-21-33(29)38/h19-22,27,40H,3-18,23-26,28H2,1-2H3/q+1. The molecule has 0 aromatic heterocycles. The third-order valence-corrected chi connectivity index (χ3v) is 9.06. The maximum absolute atomic E-state index is 8.98. The van der Waals surface area contributed by atoms with Crippen LogP contribution in [0.15, 0.2) is 30.3 Å². The molecule has 234 valence electrons. The summed E-state index contributed by atoms with van der Waals surface area (Å²) in [4.78, 5) is 0. The largest absolute Gasteiger partial charge is 0.493 e. The molecule has 2 aromatic carbocycles. The topological polar surface area (TPSA) is 41.7 Å². The van der Waals surface area contributed by atoms with Crippen LogP contribution < -0.4 is 9.47 Å². The van der Waals surface area contributed by atoms with Crippen LogP contribution in [-0.2, 0) is 13.0 Å². The lowest BCUT2D eigenvalue weighted by atomic mass is 9.91. The normalized spacial score (nSPS) is 13.0. The molecule has 0 saturated carbocycles. The Balaban J connectivity index is 1.73. The molecule has 1 heterocycles. The number of ether oxygens (including phenoxy) is 2. The van der Waals surface area contributed by atoms with E-state index >= 15 is 0 Å². The van der Waals surface area contributed by atoms with Gasteiger partial charge in [-0.25, -0.2) is 4.58 Å². The molecule has 3 rings (SSSR count). The number of nitrogens with zero attached hydrogens (tertiary/aromatic N) is 1. The van der Waals surface area contributed by atoms with Crippen molar-refractivity contribution < 1.29 is 19.2 Å². The second kappa shape index (κ2) is 20.3. The van der Waals surface area contributed by atoms with Crippen molar-refractivity contribution in [2.45, 2.75) is 123 Å². The fraction of sp³-hybridized carbons (Fsp3) is 0.639. The summed E-state index contributed by atoms with van der Waals surface area (Å²) in [6.07, 6.45) is 20.4. The van der Waals surface area contributed by atoms with Crippen molar-refractivity contribution in [2.75, 3.05) is 26.9 Å². The summed E-state index contributed by atoms with van der Waals surface area (Å²) in [6.45, 7) is 4.94. The van der Waals surface area contributed by atoms with Crippen LogP contribution in [0.5, 0.6) is 11.5 Å². The first-order valence-electron chi connectivity index (χ1n) is 16.6. The van der Waals surface area contributed by atoms with Crippen LogP contribution in [0.3, 0.4) is 0 Å². The maximum atomic E-state index is 8.98.